The summed E-state index contributed by atoms with van der Waals surface area (Å²) in [7, 11) is 1.86. The van der Waals surface area contributed by atoms with Gasteiger partial charge in [0, 0.05) is 17.3 Å². The number of nitrogens with zero attached hydrogens (tertiary/aromatic N) is 2. The second-order valence-electron chi connectivity index (χ2n) is 4.46. The smallest absolute Gasteiger partial charge is 0.326 e. The number of Topliss-reactive ketones (excluding diaryl/α,β-unsaturated/α-hetero) is 1. The third kappa shape index (κ3) is 2.88. The summed E-state index contributed by atoms with van der Waals surface area (Å²) < 4.78 is 1.80. The van der Waals surface area contributed by atoms with Crippen LogP contribution in [-0.2, 0) is 7.05 Å². The molecule has 1 aromatic carbocycles. The molecule has 0 radical (unpaired) electrons. The Kier molecular flexibility index (Phi) is 3.46. The molecule has 19 heavy (non-hydrogen) atoms. The number of nitrogen functional groups attached to an aromatic ring is 1. The van der Waals surface area contributed by atoms with Crippen molar-refractivity contribution in [2.45, 2.75) is 13.8 Å². The van der Waals surface area contributed by atoms with Crippen LogP contribution in [-0.4, -0.2) is 10.8 Å². The fourth-order valence-corrected chi connectivity index (χ4v) is 1.73. The molecule has 0 atom stereocenters. The van der Waals surface area contributed by atoms with Crippen molar-refractivity contribution in [3.8, 4) is 0 Å². The van der Waals surface area contributed by atoms with Gasteiger partial charge in [-0.2, -0.15) is 0 Å². The normalized spacial score (nSPS) is 10.3. The second-order valence-corrected chi connectivity index (χ2v) is 4.46. The maximum absolute atomic E-state index is 11.3. The lowest BCUT2D eigenvalue weighted by atomic mass is 10.1. The molecule has 0 unspecified atom stereocenters. The van der Waals surface area contributed by atoms with Gasteiger partial charge in [0.2, 0.25) is 5.82 Å². The number of hydrogen-bond acceptors (Lipinski definition) is 4. The molecule has 0 amide bonds. The monoisotopic (exact) mass is 257 g/mol. The molecule has 2 aromatic rings. The molecule has 0 saturated heterocycles. The first-order valence-electron chi connectivity index (χ1n) is 5.98. The van der Waals surface area contributed by atoms with E-state index in [2.05, 4.69) is 10.3 Å². The van der Waals surface area contributed by atoms with E-state index >= 15 is 0 Å². The molecule has 0 aliphatic carbocycles. The number of carbonyl (C=O) groups excluding carboxylic acids is 1. The van der Waals surface area contributed by atoms with Crippen LogP contribution < -0.4 is 15.6 Å². The lowest BCUT2D eigenvalue weighted by molar-refractivity contribution is -0.665. The zero-order valence-corrected chi connectivity index (χ0v) is 11.3. The third-order valence-electron chi connectivity index (χ3n) is 2.99. The lowest BCUT2D eigenvalue weighted by Crippen LogP contribution is -2.36. The number of anilines is 3. The molecule has 0 fully saturated rings. The minimum Gasteiger partial charge on any atom is -0.326 e. The fourth-order valence-electron chi connectivity index (χ4n) is 1.73. The van der Waals surface area contributed by atoms with Gasteiger partial charge < -0.3 is 5.32 Å². The number of nitrogens with two attached hydrogens (primary N) is 1. The van der Waals surface area contributed by atoms with E-state index in [4.69, 9.17) is 5.73 Å². The van der Waals surface area contributed by atoms with E-state index < -0.39 is 0 Å². The van der Waals surface area contributed by atoms with Crippen molar-refractivity contribution in [1.82, 2.24) is 4.98 Å². The van der Waals surface area contributed by atoms with Gasteiger partial charge in [-0.3, -0.25) is 10.5 Å². The third-order valence-corrected chi connectivity index (χ3v) is 2.99. The molecule has 0 aliphatic heterocycles. The Bertz CT molecular complexity index is 614. The van der Waals surface area contributed by atoms with Crippen molar-refractivity contribution >= 4 is 23.2 Å². The molecule has 1 aromatic heterocycles. The SMILES string of the molecule is CC(=O)c1cccc(Nc2cc(C)[n+](C)c(N)n2)c1. The first-order chi connectivity index (χ1) is 8.97. The van der Waals surface area contributed by atoms with Gasteiger partial charge in [-0.25, -0.2) is 4.57 Å². The summed E-state index contributed by atoms with van der Waals surface area (Å²) >= 11 is 0. The Morgan fingerprint density at radius 2 is 2.11 bits per heavy atom. The van der Waals surface area contributed by atoms with E-state index in [9.17, 15) is 4.79 Å². The van der Waals surface area contributed by atoms with Crippen LogP contribution in [0.5, 0.6) is 0 Å². The quantitative estimate of drug-likeness (QED) is 0.649. The maximum Gasteiger partial charge on any atom is 0.391 e. The van der Waals surface area contributed by atoms with Crippen LogP contribution >= 0.6 is 0 Å². The largest absolute Gasteiger partial charge is 0.391 e. The highest BCUT2D eigenvalue weighted by atomic mass is 16.1. The maximum atomic E-state index is 11.3. The Morgan fingerprint density at radius 1 is 1.37 bits per heavy atom. The van der Waals surface area contributed by atoms with Crippen LogP contribution in [0.3, 0.4) is 0 Å². The average Bonchev–Trinajstić information content (AvgIpc) is 2.36. The predicted octanol–water partition coefficient (Wildman–Crippen LogP) is 1.74. The topological polar surface area (TPSA) is 71.9 Å². The van der Waals surface area contributed by atoms with Gasteiger partial charge in [-0.15, -0.1) is 0 Å². The summed E-state index contributed by atoms with van der Waals surface area (Å²) in [6.07, 6.45) is 0. The van der Waals surface area contributed by atoms with Gasteiger partial charge in [0.05, 0.1) is 12.7 Å². The highest BCUT2D eigenvalue weighted by Gasteiger charge is 2.10. The lowest BCUT2D eigenvalue weighted by Gasteiger charge is -2.06. The second kappa shape index (κ2) is 5.06. The molecule has 98 valence electrons. The summed E-state index contributed by atoms with van der Waals surface area (Å²) in [5.41, 5.74) is 8.28. The Labute approximate surface area is 112 Å². The van der Waals surface area contributed by atoms with Gasteiger partial charge in [-0.1, -0.05) is 17.1 Å². The van der Waals surface area contributed by atoms with E-state index in [1.807, 2.05) is 32.2 Å². The Balaban J connectivity index is 2.31. The standard InChI is InChI=1S/C14H16N4O/c1-9-7-13(17-14(15)18(9)3)16-12-6-4-5-11(8-12)10(2)19/h4-8H,1-3H3,(H2,15,16,17)/p+1. The zero-order chi connectivity index (χ0) is 14.0. The van der Waals surface area contributed by atoms with Gasteiger partial charge >= 0.3 is 5.95 Å². The van der Waals surface area contributed by atoms with Gasteiger partial charge in [0.25, 0.3) is 0 Å². The van der Waals surface area contributed by atoms with Crippen LogP contribution in [0.1, 0.15) is 23.0 Å². The molecular weight excluding hydrogens is 240 g/mol. The summed E-state index contributed by atoms with van der Waals surface area (Å²) in [4.78, 5) is 15.6. The van der Waals surface area contributed by atoms with Gasteiger partial charge in [0.15, 0.2) is 5.78 Å². The van der Waals surface area contributed by atoms with Crippen molar-refractivity contribution in [3.63, 3.8) is 0 Å². The molecule has 0 aliphatic rings. The molecule has 1 heterocycles. The molecule has 5 nitrogen and oxygen atoms in total. The summed E-state index contributed by atoms with van der Waals surface area (Å²) in [5.74, 6) is 1.13. The minimum absolute atomic E-state index is 0.0340. The van der Waals surface area contributed by atoms with E-state index in [0.29, 0.717) is 17.3 Å². The number of ketones is 1. The number of carbonyl (C=O) groups is 1. The minimum atomic E-state index is 0.0340. The van der Waals surface area contributed by atoms with E-state index in [1.54, 1.807) is 23.6 Å². The van der Waals surface area contributed by atoms with E-state index in [1.165, 1.54) is 0 Å². The average molecular weight is 257 g/mol. The highest BCUT2D eigenvalue weighted by Crippen LogP contribution is 2.17. The van der Waals surface area contributed by atoms with Crippen LogP contribution in [0.2, 0.25) is 0 Å². The van der Waals surface area contributed by atoms with Crippen LogP contribution in [0, 0.1) is 6.92 Å². The van der Waals surface area contributed by atoms with Crippen LogP contribution in [0.25, 0.3) is 0 Å². The zero-order valence-electron chi connectivity index (χ0n) is 11.3. The number of aryl methyl sites for hydroxylation is 1. The molecular formula is C14H17N4O+. The van der Waals surface area contributed by atoms with Crippen molar-refractivity contribution in [3.05, 3.63) is 41.6 Å². The first kappa shape index (κ1) is 13.0. The highest BCUT2D eigenvalue weighted by molar-refractivity contribution is 5.95. The number of aromatic nitrogens is 2. The molecule has 0 saturated carbocycles. The van der Waals surface area contributed by atoms with Crippen LogP contribution in [0.4, 0.5) is 17.5 Å². The Morgan fingerprint density at radius 3 is 2.74 bits per heavy atom. The summed E-state index contributed by atoms with van der Waals surface area (Å²) in [6.45, 7) is 3.50. The molecule has 2 rings (SSSR count). The number of benzene rings is 1. The molecule has 5 heteroatoms. The number of hydrogen-bond donors (Lipinski definition) is 2. The molecule has 0 spiro atoms. The van der Waals surface area contributed by atoms with E-state index in [-0.39, 0.29) is 5.78 Å². The van der Waals surface area contributed by atoms with Crippen molar-refractivity contribution in [1.29, 1.82) is 0 Å². The predicted molar refractivity (Wildman–Crippen MR) is 74.3 cm³/mol. The van der Waals surface area contributed by atoms with Crippen molar-refractivity contribution in [2.24, 2.45) is 7.05 Å². The van der Waals surface area contributed by atoms with Crippen molar-refractivity contribution < 1.29 is 9.36 Å². The van der Waals surface area contributed by atoms with Crippen molar-refractivity contribution in [2.75, 3.05) is 11.1 Å². The van der Waals surface area contributed by atoms with Gasteiger partial charge in [0.1, 0.15) is 0 Å². The first-order valence-corrected chi connectivity index (χ1v) is 5.98. The number of nitrogens with one attached hydrogen (secondary N) is 1. The van der Waals surface area contributed by atoms with Crippen LogP contribution in [0.15, 0.2) is 30.3 Å². The molecule has 3 N–H and O–H groups in total. The Hall–Kier alpha value is -2.43. The fraction of sp³-hybridized carbons (Fsp3) is 0.214. The summed E-state index contributed by atoms with van der Waals surface area (Å²) in [6, 6.07) is 9.19. The molecule has 0 bridgehead atoms. The number of rotatable bonds is 3. The van der Waals surface area contributed by atoms with E-state index in [0.717, 1.165) is 11.4 Å². The van der Waals surface area contributed by atoms with Gasteiger partial charge in [-0.05, 0) is 26.0 Å². The summed E-state index contributed by atoms with van der Waals surface area (Å²) in [5, 5.41) is 3.15.